The maximum absolute atomic E-state index is 11.7. The van der Waals surface area contributed by atoms with Gasteiger partial charge in [-0.1, -0.05) is 6.07 Å². The van der Waals surface area contributed by atoms with Crippen LogP contribution in [0.4, 0.5) is 0 Å². The Morgan fingerprint density at radius 3 is 2.82 bits per heavy atom. The minimum atomic E-state index is -0.426. The molecule has 1 rings (SSSR count). The summed E-state index contributed by atoms with van der Waals surface area (Å²) in [5.41, 5.74) is 1.84. The molecule has 94 valence electrons. The fourth-order valence-corrected chi connectivity index (χ4v) is 1.54. The highest BCUT2D eigenvalue weighted by atomic mass is 16.3. The van der Waals surface area contributed by atoms with Gasteiger partial charge in [0.05, 0.1) is 18.3 Å². The molecule has 1 heterocycles. The Labute approximate surface area is 102 Å². The van der Waals surface area contributed by atoms with Crippen molar-refractivity contribution in [3.63, 3.8) is 0 Å². The number of aliphatic hydroxyl groups excluding tert-OH is 1. The summed E-state index contributed by atoms with van der Waals surface area (Å²) in [6.07, 6.45) is 0.453. The van der Waals surface area contributed by atoms with Crippen molar-refractivity contribution < 1.29 is 9.90 Å². The molecule has 0 saturated carbocycles. The van der Waals surface area contributed by atoms with Crippen molar-refractivity contribution in [2.45, 2.75) is 39.3 Å². The summed E-state index contributed by atoms with van der Waals surface area (Å²) in [5, 5.41) is 9.13. The number of hydrogen-bond acceptors (Lipinski definition) is 3. The lowest BCUT2D eigenvalue weighted by Crippen LogP contribution is -2.27. The highest BCUT2D eigenvalue weighted by Crippen LogP contribution is 2.05. The summed E-state index contributed by atoms with van der Waals surface area (Å²) in [5.74, 6) is 0.0363. The van der Waals surface area contributed by atoms with E-state index in [4.69, 9.17) is 5.11 Å². The quantitative estimate of drug-likeness (QED) is 0.843. The topological polar surface area (TPSA) is 53.4 Å². The zero-order valence-electron chi connectivity index (χ0n) is 10.7. The molecule has 0 aliphatic rings. The number of aliphatic hydroxyl groups is 1. The van der Waals surface area contributed by atoms with Crippen LogP contribution in [-0.2, 0) is 11.3 Å². The predicted molar refractivity (Wildman–Crippen MR) is 66.4 cm³/mol. The molecule has 1 unspecified atom stereocenters. The number of hydrogen-bond donors (Lipinski definition) is 1. The summed E-state index contributed by atoms with van der Waals surface area (Å²) in [6, 6.07) is 5.77. The second-order valence-corrected chi connectivity index (χ2v) is 4.41. The third kappa shape index (κ3) is 4.95. The minimum absolute atomic E-state index is 0.0363. The van der Waals surface area contributed by atoms with Gasteiger partial charge in [-0.3, -0.25) is 9.78 Å². The van der Waals surface area contributed by atoms with Crippen LogP contribution < -0.4 is 0 Å². The van der Waals surface area contributed by atoms with Crippen LogP contribution in [0.1, 0.15) is 31.2 Å². The number of aromatic nitrogens is 1. The summed E-state index contributed by atoms with van der Waals surface area (Å²) in [6.45, 7) is 4.13. The molecule has 17 heavy (non-hydrogen) atoms. The lowest BCUT2D eigenvalue weighted by molar-refractivity contribution is -0.131. The second kappa shape index (κ2) is 6.35. The molecular formula is C13H20N2O2. The number of amides is 1. The number of rotatable bonds is 5. The second-order valence-electron chi connectivity index (χ2n) is 4.41. The van der Waals surface area contributed by atoms with Gasteiger partial charge in [-0.05, 0) is 32.4 Å². The van der Waals surface area contributed by atoms with E-state index in [9.17, 15) is 4.79 Å². The lowest BCUT2D eigenvalue weighted by Gasteiger charge is -2.17. The molecule has 0 spiro atoms. The fourth-order valence-electron chi connectivity index (χ4n) is 1.54. The molecule has 1 atom stereocenters. The van der Waals surface area contributed by atoms with Gasteiger partial charge in [0, 0.05) is 19.2 Å². The molecule has 0 radical (unpaired) electrons. The molecule has 1 amide bonds. The highest BCUT2D eigenvalue weighted by molar-refractivity contribution is 5.75. The van der Waals surface area contributed by atoms with E-state index in [-0.39, 0.29) is 5.91 Å². The molecule has 1 aromatic heterocycles. The molecule has 0 aliphatic heterocycles. The van der Waals surface area contributed by atoms with Crippen LogP contribution in [0.2, 0.25) is 0 Å². The van der Waals surface area contributed by atoms with Crippen molar-refractivity contribution in [2.75, 3.05) is 7.05 Å². The van der Waals surface area contributed by atoms with Crippen molar-refractivity contribution in [1.29, 1.82) is 0 Å². The number of carbonyl (C=O) groups excluding carboxylic acids is 1. The summed E-state index contributed by atoms with van der Waals surface area (Å²) >= 11 is 0. The Balaban J connectivity index is 2.48. The Hall–Kier alpha value is -1.42. The maximum atomic E-state index is 11.7. The highest BCUT2D eigenvalue weighted by Gasteiger charge is 2.10. The van der Waals surface area contributed by atoms with Gasteiger partial charge < -0.3 is 10.0 Å². The van der Waals surface area contributed by atoms with Gasteiger partial charge in [-0.15, -0.1) is 0 Å². The average Bonchev–Trinajstić information content (AvgIpc) is 2.25. The lowest BCUT2D eigenvalue weighted by atomic mass is 10.2. The van der Waals surface area contributed by atoms with Gasteiger partial charge in [0.15, 0.2) is 0 Å². The summed E-state index contributed by atoms with van der Waals surface area (Å²) in [7, 11) is 1.76. The Bertz CT molecular complexity index is 377. The number of nitrogens with zero attached hydrogens (tertiary/aromatic N) is 2. The molecule has 0 bridgehead atoms. The van der Waals surface area contributed by atoms with E-state index in [1.807, 2.05) is 25.1 Å². The van der Waals surface area contributed by atoms with E-state index in [1.165, 1.54) is 0 Å². The first kappa shape index (κ1) is 13.6. The number of aryl methyl sites for hydroxylation is 1. The molecule has 0 saturated heterocycles. The van der Waals surface area contributed by atoms with E-state index >= 15 is 0 Å². The molecular weight excluding hydrogens is 216 g/mol. The smallest absolute Gasteiger partial charge is 0.222 e. The Morgan fingerprint density at radius 1 is 1.53 bits per heavy atom. The Kier molecular flexibility index (Phi) is 5.10. The fraction of sp³-hybridized carbons (Fsp3) is 0.538. The summed E-state index contributed by atoms with van der Waals surface area (Å²) < 4.78 is 0. The van der Waals surface area contributed by atoms with Gasteiger partial charge in [0.2, 0.25) is 5.91 Å². The molecule has 0 aliphatic carbocycles. The molecule has 1 aromatic rings. The van der Waals surface area contributed by atoms with Crippen molar-refractivity contribution in [2.24, 2.45) is 0 Å². The monoisotopic (exact) mass is 236 g/mol. The van der Waals surface area contributed by atoms with Crippen LogP contribution in [0.3, 0.4) is 0 Å². The maximum Gasteiger partial charge on any atom is 0.222 e. The normalized spacial score (nSPS) is 12.2. The van der Waals surface area contributed by atoms with Crippen LogP contribution in [0.15, 0.2) is 18.2 Å². The van der Waals surface area contributed by atoms with Crippen molar-refractivity contribution in [3.05, 3.63) is 29.6 Å². The van der Waals surface area contributed by atoms with Crippen molar-refractivity contribution in [1.82, 2.24) is 9.88 Å². The number of carbonyl (C=O) groups is 1. The van der Waals surface area contributed by atoms with Crippen molar-refractivity contribution >= 4 is 5.91 Å². The van der Waals surface area contributed by atoms with Crippen LogP contribution in [0.5, 0.6) is 0 Å². The first-order chi connectivity index (χ1) is 7.99. The van der Waals surface area contributed by atoms with Crippen LogP contribution in [-0.4, -0.2) is 34.0 Å². The zero-order valence-corrected chi connectivity index (χ0v) is 10.7. The van der Waals surface area contributed by atoms with Gasteiger partial charge >= 0.3 is 0 Å². The largest absolute Gasteiger partial charge is 0.393 e. The molecule has 1 N–H and O–H groups in total. The molecule has 4 heteroatoms. The predicted octanol–water partition coefficient (Wildman–Crippen LogP) is 1.51. The van der Waals surface area contributed by atoms with Crippen LogP contribution in [0, 0.1) is 6.92 Å². The zero-order chi connectivity index (χ0) is 12.8. The van der Waals surface area contributed by atoms with Gasteiger partial charge in [0.1, 0.15) is 0 Å². The first-order valence-corrected chi connectivity index (χ1v) is 5.83. The van der Waals surface area contributed by atoms with Gasteiger partial charge in [-0.2, -0.15) is 0 Å². The van der Waals surface area contributed by atoms with Gasteiger partial charge in [0.25, 0.3) is 0 Å². The molecule has 4 nitrogen and oxygen atoms in total. The average molecular weight is 236 g/mol. The standard InChI is InChI=1S/C13H20N2O2/c1-10-5-4-6-12(14-10)9-15(3)13(17)8-7-11(2)16/h4-6,11,16H,7-9H2,1-3H3. The van der Waals surface area contributed by atoms with E-state index < -0.39 is 6.10 Å². The SMILES string of the molecule is Cc1cccc(CN(C)C(=O)CCC(C)O)n1. The van der Waals surface area contributed by atoms with Crippen LogP contribution >= 0.6 is 0 Å². The van der Waals surface area contributed by atoms with E-state index in [2.05, 4.69) is 4.98 Å². The third-order valence-corrected chi connectivity index (χ3v) is 2.55. The number of pyridine rings is 1. The van der Waals surface area contributed by atoms with E-state index in [0.29, 0.717) is 19.4 Å². The third-order valence-electron chi connectivity index (χ3n) is 2.55. The van der Waals surface area contributed by atoms with Crippen molar-refractivity contribution in [3.8, 4) is 0 Å². The van der Waals surface area contributed by atoms with Crippen LogP contribution in [0.25, 0.3) is 0 Å². The van der Waals surface area contributed by atoms with Gasteiger partial charge in [-0.25, -0.2) is 0 Å². The Morgan fingerprint density at radius 2 is 2.24 bits per heavy atom. The summed E-state index contributed by atoms with van der Waals surface area (Å²) in [4.78, 5) is 17.7. The first-order valence-electron chi connectivity index (χ1n) is 5.83. The van der Waals surface area contributed by atoms with E-state index in [1.54, 1.807) is 18.9 Å². The molecule has 0 aromatic carbocycles. The van der Waals surface area contributed by atoms with E-state index in [0.717, 1.165) is 11.4 Å². The molecule has 0 fully saturated rings. The minimum Gasteiger partial charge on any atom is -0.393 e.